The van der Waals surface area contributed by atoms with E-state index in [2.05, 4.69) is 31.7 Å². The molecule has 5 heteroatoms. The van der Waals surface area contributed by atoms with Crippen molar-refractivity contribution in [2.45, 2.75) is 53.1 Å². The Bertz CT molecular complexity index is 1080. The van der Waals surface area contributed by atoms with Crippen molar-refractivity contribution in [3.05, 3.63) is 94.5 Å². The summed E-state index contributed by atoms with van der Waals surface area (Å²) in [6.45, 7) is 12.2. The molecule has 0 aliphatic heterocycles. The Labute approximate surface area is 215 Å². The standard InChI is InChI=1S/C30H37ClN2O2/c1-5-32(6-2)20-10-12-24(4)33(30(34)29-15-8-7-11-23(29)3)22-25-13-9-14-28(21-25)35-27-18-16-26(31)17-19-27/h7-9,11,13-19,21,24H,5-6,10,12,20,22H2,1-4H3. The number of aryl methyl sites for hydroxylation is 1. The Hall–Kier alpha value is -2.82. The number of hydrogen-bond donors (Lipinski definition) is 0. The van der Waals surface area contributed by atoms with Crippen molar-refractivity contribution < 1.29 is 9.53 Å². The maximum Gasteiger partial charge on any atom is 0.254 e. The van der Waals surface area contributed by atoms with Crippen LogP contribution in [0, 0.1) is 6.92 Å². The van der Waals surface area contributed by atoms with Crippen LogP contribution in [0.1, 0.15) is 55.1 Å². The third-order valence-corrected chi connectivity index (χ3v) is 6.71. The van der Waals surface area contributed by atoms with Crippen molar-refractivity contribution in [3.8, 4) is 11.5 Å². The number of nitrogens with zero attached hydrogens (tertiary/aromatic N) is 2. The summed E-state index contributed by atoms with van der Waals surface area (Å²) in [4.78, 5) is 18.1. The quantitative estimate of drug-likeness (QED) is 0.261. The fourth-order valence-electron chi connectivity index (χ4n) is 4.24. The van der Waals surface area contributed by atoms with Crippen LogP contribution in [0.5, 0.6) is 11.5 Å². The summed E-state index contributed by atoms with van der Waals surface area (Å²) in [5.41, 5.74) is 2.79. The largest absolute Gasteiger partial charge is 0.457 e. The van der Waals surface area contributed by atoms with E-state index < -0.39 is 0 Å². The van der Waals surface area contributed by atoms with Gasteiger partial charge in [-0.2, -0.15) is 0 Å². The SMILES string of the molecule is CCN(CC)CCCC(C)N(Cc1cccc(Oc2ccc(Cl)cc2)c1)C(=O)c1ccccc1C. The summed E-state index contributed by atoms with van der Waals surface area (Å²) in [7, 11) is 0. The molecule has 0 aliphatic carbocycles. The van der Waals surface area contributed by atoms with Crippen molar-refractivity contribution in [3.63, 3.8) is 0 Å². The van der Waals surface area contributed by atoms with E-state index in [9.17, 15) is 4.79 Å². The first-order valence-corrected chi connectivity index (χ1v) is 12.9. The first kappa shape index (κ1) is 26.8. The van der Waals surface area contributed by atoms with Crippen molar-refractivity contribution in [1.29, 1.82) is 0 Å². The summed E-state index contributed by atoms with van der Waals surface area (Å²) >= 11 is 5.99. The van der Waals surface area contributed by atoms with E-state index in [1.54, 1.807) is 0 Å². The maximum absolute atomic E-state index is 13.7. The van der Waals surface area contributed by atoms with Gasteiger partial charge in [-0.25, -0.2) is 0 Å². The van der Waals surface area contributed by atoms with Gasteiger partial charge in [0.15, 0.2) is 0 Å². The smallest absolute Gasteiger partial charge is 0.254 e. The number of amides is 1. The van der Waals surface area contributed by atoms with Crippen LogP contribution in [0.25, 0.3) is 0 Å². The lowest BCUT2D eigenvalue weighted by Gasteiger charge is -2.31. The summed E-state index contributed by atoms with van der Waals surface area (Å²) in [5.74, 6) is 1.54. The fraction of sp³-hybridized carbons (Fsp3) is 0.367. The number of hydrogen-bond acceptors (Lipinski definition) is 3. The van der Waals surface area contributed by atoms with Gasteiger partial charge in [0.05, 0.1) is 0 Å². The minimum atomic E-state index is 0.0717. The molecule has 35 heavy (non-hydrogen) atoms. The highest BCUT2D eigenvalue weighted by Crippen LogP contribution is 2.25. The zero-order valence-corrected chi connectivity index (χ0v) is 22.1. The highest BCUT2D eigenvalue weighted by Gasteiger charge is 2.23. The molecule has 1 unspecified atom stereocenters. The number of benzene rings is 3. The summed E-state index contributed by atoms with van der Waals surface area (Å²) in [6.07, 6.45) is 2.01. The Morgan fingerprint density at radius 1 is 0.943 bits per heavy atom. The molecule has 1 amide bonds. The van der Waals surface area contributed by atoms with Crippen molar-refractivity contribution in [2.75, 3.05) is 19.6 Å². The van der Waals surface area contributed by atoms with Gasteiger partial charge < -0.3 is 14.5 Å². The van der Waals surface area contributed by atoms with Gasteiger partial charge in [0.1, 0.15) is 11.5 Å². The minimum absolute atomic E-state index is 0.0717. The third kappa shape index (κ3) is 7.84. The van der Waals surface area contributed by atoms with Gasteiger partial charge in [-0.3, -0.25) is 4.79 Å². The zero-order valence-electron chi connectivity index (χ0n) is 21.3. The summed E-state index contributed by atoms with van der Waals surface area (Å²) in [5, 5.41) is 0.673. The van der Waals surface area contributed by atoms with E-state index in [1.807, 2.05) is 78.6 Å². The lowest BCUT2D eigenvalue weighted by Crippen LogP contribution is -2.39. The molecular formula is C30H37ClN2O2. The van der Waals surface area contributed by atoms with Crippen LogP contribution < -0.4 is 4.74 Å². The molecule has 0 radical (unpaired) electrons. The fourth-order valence-corrected chi connectivity index (χ4v) is 4.37. The van der Waals surface area contributed by atoms with Crippen LogP contribution >= 0.6 is 11.6 Å². The molecule has 0 bridgehead atoms. The number of rotatable bonds is 12. The molecular weight excluding hydrogens is 456 g/mol. The molecule has 0 saturated carbocycles. The van der Waals surface area contributed by atoms with Crippen LogP contribution in [-0.2, 0) is 6.54 Å². The molecule has 0 N–H and O–H groups in total. The normalized spacial score (nSPS) is 11.9. The molecule has 186 valence electrons. The summed E-state index contributed by atoms with van der Waals surface area (Å²) in [6, 6.07) is 23.2. The van der Waals surface area contributed by atoms with Gasteiger partial charge in [0.2, 0.25) is 0 Å². The second-order valence-electron chi connectivity index (χ2n) is 8.97. The van der Waals surface area contributed by atoms with E-state index in [0.717, 1.165) is 60.7 Å². The van der Waals surface area contributed by atoms with E-state index >= 15 is 0 Å². The highest BCUT2D eigenvalue weighted by atomic mass is 35.5. The molecule has 3 aromatic carbocycles. The number of carbonyl (C=O) groups excluding carboxylic acids is 1. The molecule has 0 aromatic heterocycles. The van der Waals surface area contributed by atoms with E-state index in [0.29, 0.717) is 11.6 Å². The van der Waals surface area contributed by atoms with E-state index in [-0.39, 0.29) is 11.9 Å². The second kappa shape index (κ2) is 13.3. The first-order valence-electron chi connectivity index (χ1n) is 12.5. The van der Waals surface area contributed by atoms with Crippen molar-refractivity contribution >= 4 is 17.5 Å². The molecule has 0 fully saturated rings. The van der Waals surface area contributed by atoms with Crippen LogP contribution in [0.4, 0.5) is 0 Å². The number of halogens is 1. The van der Waals surface area contributed by atoms with Gasteiger partial charge in [-0.05, 0) is 99.9 Å². The molecule has 0 aliphatic rings. The average Bonchev–Trinajstić information content (AvgIpc) is 2.86. The maximum atomic E-state index is 13.7. The Balaban J connectivity index is 1.78. The lowest BCUT2D eigenvalue weighted by molar-refractivity contribution is 0.0661. The van der Waals surface area contributed by atoms with Crippen molar-refractivity contribution in [2.24, 2.45) is 0 Å². The zero-order chi connectivity index (χ0) is 25.2. The van der Waals surface area contributed by atoms with Crippen LogP contribution in [-0.4, -0.2) is 41.4 Å². The van der Waals surface area contributed by atoms with E-state index in [4.69, 9.17) is 16.3 Å². The van der Waals surface area contributed by atoms with Gasteiger partial charge >= 0.3 is 0 Å². The molecule has 0 heterocycles. The highest BCUT2D eigenvalue weighted by molar-refractivity contribution is 6.30. The monoisotopic (exact) mass is 492 g/mol. The number of carbonyl (C=O) groups is 1. The molecule has 1 atom stereocenters. The second-order valence-corrected chi connectivity index (χ2v) is 9.41. The third-order valence-electron chi connectivity index (χ3n) is 6.46. The van der Waals surface area contributed by atoms with Crippen LogP contribution in [0.15, 0.2) is 72.8 Å². The minimum Gasteiger partial charge on any atom is -0.457 e. The predicted octanol–water partition coefficient (Wildman–Crippen LogP) is 7.59. The lowest BCUT2D eigenvalue weighted by atomic mass is 10.0. The molecule has 0 saturated heterocycles. The van der Waals surface area contributed by atoms with Crippen molar-refractivity contribution in [1.82, 2.24) is 9.80 Å². The molecule has 4 nitrogen and oxygen atoms in total. The van der Waals surface area contributed by atoms with Gasteiger partial charge in [-0.15, -0.1) is 0 Å². The van der Waals surface area contributed by atoms with Gasteiger partial charge in [-0.1, -0.05) is 55.8 Å². The molecule has 0 spiro atoms. The number of ether oxygens (including phenoxy) is 1. The Kier molecular flexibility index (Phi) is 10.2. The average molecular weight is 493 g/mol. The molecule has 3 rings (SSSR count). The van der Waals surface area contributed by atoms with Gasteiger partial charge in [0, 0.05) is 23.2 Å². The van der Waals surface area contributed by atoms with Crippen LogP contribution in [0.3, 0.4) is 0 Å². The topological polar surface area (TPSA) is 32.8 Å². The molecule has 3 aromatic rings. The first-order chi connectivity index (χ1) is 16.9. The predicted molar refractivity (Wildman–Crippen MR) is 146 cm³/mol. The van der Waals surface area contributed by atoms with Gasteiger partial charge in [0.25, 0.3) is 5.91 Å². The van der Waals surface area contributed by atoms with E-state index in [1.165, 1.54) is 0 Å². The Morgan fingerprint density at radius 2 is 1.66 bits per heavy atom. The Morgan fingerprint density at radius 3 is 2.34 bits per heavy atom. The summed E-state index contributed by atoms with van der Waals surface area (Å²) < 4.78 is 6.03. The van der Waals surface area contributed by atoms with Crippen LogP contribution in [0.2, 0.25) is 5.02 Å².